The normalized spacial score (nSPS) is 12.7. The number of aliphatic carboxylic acids is 1. The van der Waals surface area contributed by atoms with E-state index in [2.05, 4.69) is 9.68 Å². The summed E-state index contributed by atoms with van der Waals surface area (Å²) in [7, 11) is 0. The van der Waals surface area contributed by atoms with Gasteiger partial charge in [-0.15, -0.1) is 0 Å². The van der Waals surface area contributed by atoms with Gasteiger partial charge in [0.15, 0.2) is 0 Å². The third kappa shape index (κ3) is 2.23. The Bertz CT molecular complexity index is 379. The number of nitrogens with two attached hydrogens (primary N) is 1. The molecule has 1 aromatic heterocycles. The molecule has 0 aliphatic rings. The summed E-state index contributed by atoms with van der Waals surface area (Å²) in [5, 5.41) is 10.9. The third-order valence-electron chi connectivity index (χ3n) is 2.02. The van der Waals surface area contributed by atoms with Crippen LogP contribution in [0.3, 0.4) is 0 Å². The number of hydrogen-bond donors (Lipinski definition) is 3. The van der Waals surface area contributed by atoms with Gasteiger partial charge in [-0.3, -0.25) is 4.79 Å². The lowest BCUT2D eigenvalue weighted by Crippen LogP contribution is -2.30. The van der Waals surface area contributed by atoms with Crippen LogP contribution in [0.5, 0.6) is 0 Å². The van der Waals surface area contributed by atoms with Crippen molar-refractivity contribution in [2.45, 2.75) is 25.8 Å². The van der Waals surface area contributed by atoms with Gasteiger partial charge in [0.25, 0.3) is 0 Å². The monoisotopic (exact) mass is 200 g/mol. The molecule has 0 amide bonds. The van der Waals surface area contributed by atoms with Crippen LogP contribution in [-0.4, -0.2) is 22.3 Å². The highest BCUT2D eigenvalue weighted by Crippen LogP contribution is 2.03. The molecule has 0 radical (unpaired) electrons. The number of aryl methyl sites for hydroxylation is 1. The molecule has 6 heteroatoms. The SMILES string of the molecule is Cc1[nH]oc(=O)c1CC[C@@H](N)C(=O)O. The van der Waals surface area contributed by atoms with Crippen molar-refractivity contribution in [3.05, 3.63) is 21.7 Å². The van der Waals surface area contributed by atoms with E-state index in [1.54, 1.807) is 6.92 Å². The van der Waals surface area contributed by atoms with Gasteiger partial charge in [-0.2, -0.15) is 0 Å². The molecular formula is C8H12N2O4. The molecule has 14 heavy (non-hydrogen) atoms. The first-order valence-electron chi connectivity index (χ1n) is 4.17. The first kappa shape index (κ1) is 10.5. The standard InChI is InChI=1S/C8H12N2O4/c1-4-5(8(13)14-10-4)2-3-6(9)7(11)12/h6,10H,2-3,9H2,1H3,(H,11,12)/t6-/m1/s1. The zero-order valence-corrected chi connectivity index (χ0v) is 7.74. The summed E-state index contributed by atoms with van der Waals surface area (Å²) in [4.78, 5) is 21.4. The molecule has 0 spiro atoms. The van der Waals surface area contributed by atoms with Crippen LogP contribution in [-0.2, 0) is 11.2 Å². The van der Waals surface area contributed by atoms with Gasteiger partial charge in [-0.1, -0.05) is 0 Å². The minimum Gasteiger partial charge on any atom is -0.480 e. The number of hydrogen-bond acceptors (Lipinski definition) is 4. The van der Waals surface area contributed by atoms with Crippen molar-refractivity contribution in [1.82, 2.24) is 5.16 Å². The van der Waals surface area contributed by atoms with Crippen molar-refractivity contribution in [3.63, 3.8) is 0 Å². The largest absolute Gasteiger partial charge is 0.480 e. The zero-order valence-electron chi connectivity index (χ0n) is 7.74. The second kappa shape index (κ2) is 4.10. The Kier molecular flexibility index (Phi) is 3.08. The fourth-order valence-corrected chi connectivity index (χ4v) is 1.11. The fourth-order valence-electron chi connectivity index (χ4n) is 1.11. The van der Waals surface area contributed by atoms with E-state index < -0.39 is 17.6 Å². The van der Waals surface area contributed by atoms with Crippen molar-refractivity contribution in [2.24, 2.45) is 5.73 Å². The maximum atomic E-state index is 11.0. The van der Waals surface area contributed by atoms with Gasteiger partial charge >= 0.3 is 11.6 Å². The van der Waals surface area contributed by atoms with E-state index in [9.17, 15) is 9.59 Å². The smallest absolute Gasteiger partial charge is 0.360 e. The molecule has 1 heterocycles. The molecule has 0 aliphatic carbocycles. The molecule has 6 nitrogen and oxygen atoms in total. The predicted molar refractivity (Wildman–Crippen MR) is 48.0 cm³/mol. The van der Waals surface area contributed by atoms with Crippen LogP contribution in [0.2, 0.25) is 0 Å². The maximum absolute atomic E-state index is 11.0. The molecule has 0 aromatic carbocycles. The molecule has 1 atom stereocenters. The van der Waals surface area contributed by atoms with Crippen molar-refractivity contribution in [2.75, 3.05) is 0 Å². The number of carbonyl (C=O) groups is 1. The molecule has 4 N–H and O–H groups in total. The lowest BCUT2D eigenvalue weighted by molar-refractivity contribution is -0.138. The Balaban J connectivity index is 2.62. The van der Waals surface area contributed by atoms with Crippen LogP contribution in [0.1, 0.15) is 17.7 Å². The summed E-state index contributed by atoms with van der Waals surface area (Å²) < 4.78 is 4.52. The average Bonchev–Trinajstić information content (AvgIpc) is 2.43. The lowest BCUT2D eigenvalue weighted by Gasteiger charge is -2.03. The Hall–Kier alpha value is -1.56. The van der Waals surface area contributed by atoms with Gasteiger partial charge in [0.05, 0.1) is 11.3 Å². The Morgan fingerprint density at radius 2 is 2.36 bits per heavy atom. The van der Waals surface area contributed by atoms with Crippen molar-refractivity contribution < 1.29 is 14.4 Å². The van der Waals surface area contributed by atoms with Gasteiger partial charge in [0.1, 0.15) is 6.04 Å². The van der Waals surface area contributed by atoms with Crippen LogP contribution < -0.4 is 11.4 Å². The Labute approximate surface area is 79.7 Å². The number of nitrogens with one attached hydrogen (secondary N) is 1. The number of H-pyrrole nitrogens is 1. The predicted octanol–water partition coefficient (Wildman–Crippen LogP) is -0.379. The zero-order chi connectivity index (χ0) is 10.7. The molecule has 1 rings (SSSR count). The summed E-state index contributed by atoms with van der Waals surface area (Å²) in [6.07, 6.45) is 0.532. The van der Waals surface area contributed by atoms with Crippen molar-refractivity contribution >= 4 is 5.97 Å². The van der Waals surface area contributed by atoms with E-state index in [4.69, 9.17) is 10.8 Å². The number of aromatic nitrogens is 1. The second-order valence-corrected chi connectivity index (χ2v) is 3.08. The van der Waals surface area contributed by atoms with Gasteiger partial charge in [-0.05, 0) is 19.8 Å². The Morgan fingerprint density at radius 3 is 2.79 bits per heavy atom. The molecular weight excluding hydrogens is 188 g/mol. The van der Waals surface area contributed by atoms with Gasteiger partial charge in [-0.25, -0.2) is 9.95 Å². The van der Waals surface area contributed by atoms with Crippen LogP contribution in [0.4, 0.5) is 0 Å². The highest BCUT2D eigenvalue weighted by atomic mass is 16.5. The summed E-state index contributed by atoms with van der Waals surface area (Å²) >= 11 is 0. The summed E-state index contributed by atoms with van der Waals surface area (Å²) in [5.74, 6) is -1.07. The van der Waals surface area contributed by atoms with Crippen LogP contribution in [0.15, 0.2) is 9.32 Å². The molecule has 0 fully saturated rings. The summed E-state index contributed by atoms with van der Waals surface area (Å²) in [5.41, 5.74) is 5.91. The minimum atomic E-state index is -1.07. The van der Waals surface area contributed by atoms with E-state index in [1.165, 1.54) is 0 Å². The fraction of sp³-hybridized carbons (Fsp3) is 0.500. The quantitative estimate of drug-likeness (QED) is 0.613. The first-order chi connectivity index (χ1) is 6.52. The number of aromatic amines is 1. The lowest BCUT2D eigenvalue weighted by atomic mass is 10.1. The minimum absolute atomic E-state index is 0.221. The molecule has 0 bridgehead atoms. The molecule has 1 aromatic rings. The highest BCUT2D eigenvalue weighted by Gasteiger charge is 2.14. The van der Waals surface area contributed by atoms with Crippen LogP contribution >= 0.6 is 0 Å². The second-order valence-electron chi connectivity index (χ2n) is 3.08. The van der Waals surface area contributed by atoms with Gasteiger partial charge in [0.2, 0.25) is 0 Å². The third-order valence-corrected chi connectivity index (χ3v) is 2.02. The molecule has 0 unspecified atom stereocenters. The summed E-state index contributed by atoms with van der Waals surface area (Å²) in [6.45, 7) is 1.69. The van der Waals surface area contributed by atoms with Crippen LogP contribution in [0, 0.1) is 6.92 Å². The van der Waals surface area contributed by atoms with E-state index in [0.29, 0.717) is 17.7 Å². The van der Waals surface area contributed by atoms with Crippen LogP contribution in [0.25, 0.3) is 0 Å². The van der Waals surface area contributed by atoms with E-state index in [0.717, 1.165) is 0 Å². The molecule has 0 saturated heterocycles. The number of carboxylic acid groups (broad SMARTS) is 1. The van der Waals surface area contributed by atoms with Crippen molar-refractivity contribution in [1.29, 1.82) is 0 Å². The maximum Gasteiger partial charge on any atom is 0.360 e. The molecule has 78 valence electrons. The Morgan fingerprint density at radius 1 is 1.71 bits per heavy atom. The van der Waals surface area contributed by atoms with E-state index in [1.807, 2.05) is 0 Å². The van der Waals surface area contributed by atoms with E-state index >= 15 is 0 Å². The topological polar surface area (TPSA) is 109 Å². The van der Waals surface area contributed by atoms with Gasteiger partial charge in [0, 0.05) is 0 Å². The van der Waals surface area contributed by atoms with E-state index in [-0.39, 0.29) is 6.42 Å². The summed E-state index contributed by atoms with van der Waals surface area (Å²) in [6, 6.07) is -0.941. The number of rotatable bonds is 4. The molecule has 0 saturated carbocycles. The van der Waals surface area contributed by atoms with Gasteiger partial charge < -0.3 is 15.4 Å². The highest BCUT2D eigenvalue weighted by molar-refractivity contribution is 5.73. The first-order valence-corrected chi connectivity index (χ1v) is 4.17. The van der Waals surface area contributed by atoms with Crippen molar-refractivity contribution in [3.8, 4) is 0 Å². The average molecular weight is 200 g/mol. The number of carboxylic acids is 1. The molecule has 0 aliphatic heterocycles.